The molecule has 1 amide bonds. The van der Waals surface area contributed by atoms with Crippen molar-refractivity contribution in [1.29, 1.82) is 0 Å². The number of hydrogen-bond donors (Lipinski definition) is 1. The lowest BCUT2D eigenvalue weighted by atomic mass is 10.2. The highest BCUT2D eigenvalue weighted by Gasteiger charge is 2.16. The molecule has 4 nitrogen and oxygen atoms in total. The average molecular weight is 456 g/mol. The van der Waals surface area contributed by atoms with Crippen LogP contribution in [0.2, 0.25) is 0 Å². The van der Waals surface area contributed by atoms with Gasteiger partial charge in [0.2, 0.25) is 0 Å². The molecule has 2 aromatic rings. The van der Waals surface area contributed by atoms with E-state index in [1.54, 1.807) is 17.4 Å². The number of thiophene rings is 1. The molecule has 1 aliphatic rings. The number of rotatable bonds is 9. The molecule has 140 valence electrons. The lowest BCUT2D eigenvalue weighted by Gasteiger charge is -2.12. The van der Waals surface area contributed by atoms with E-state index in [-0.39, 0.29) is 12.0 Å². The zero-order valence-corrected chi connectivity index (χ0v) is 17.6. The Labute approximate surface area is 170 Å². The molecule has 0 spiro atoms. The summed E-state index contributed by atoms with van der Waals surface area (Å²) < 4.78 is 12.5. The van der Waals surface area contributed by atoms with Gasteiger partial charge in [-0.3, -0.25) is 4.79 Å². The smallest absolute Gasteiger partial charge is 0.251 e. The van der Waals surface area contributed by atoms with Crippen molar-refractivity contribution < 1.29 is 14.3 Å². The van der Waals surface area contributed by atoms with E-state index in [0.717, 1.165) is 34.7 Å². The molecule has 7 heteroatoms. The number of carbonyl (C=O) groups excluding carboxylic acids is 1. The summed E-state index contributed by atoms with van der Waals surface area (Å²) in [5, 5.41) is 2.97. The van der Waals surface area contributed by atoms with E-state index in [2.05, 4.69) is 33.4 Å². The van der Waals surface area contributed by atoms with Crippen molar-refractivity contribution in [3.8, 4) is 5.75 Å². The van der Waals surface area contributed by atoms with E-state index in [1.807, 2.05) is 30.0 Å². The molecule has 1 aliphatic heterocycles. The highest BCUT2D eigenvalue weighted by Crippen LogP contribution is 2.25. The number of thioether (sulfide) groups is 1. The summed E-state index contributed by atoms with van der Waals surface area (Å²) >= 11 is 7.04. The molecule has 1 aromatic heterocycles. The van der Waals surface area contributed by atoms with E-state index < -0.39 is 0 Å². The van der Waals surface area contributed by atoms with Gasteiger partial charge in [-0.1, -0.05) is 6.07 Å². The van der Waals surface area contributed by atoms with Gasteiger partial charge in [-0.05, 0) is 59.1 Å². The van der Waals surface area contributed by atoms with Crippen molar-refractivity contribution in [2.75, 3.05) is 25.5 Å². The Morgan fingerprint density at radius 3 is 3.08 bits per heavy atom. The fourth-order valence-electron chi connectivity index (χ4n) is 2.63. The van der Waals surface area contributed by atoms with Crippen LogP contribution in [0.3, 0.4) is 0 Å². The number of halogens is 1. The number of amides is 1. The fraction of sp³-hybridized carbons (Fsp3) is 0.421. The average Bonchev–Trinajstić information content (AvgIpc) is 3.31. The molecule has 0 saturated carbocycles. The van der Waals surface area contributed by atoms with E-state index in [4.69, 9.17) is 9.47 Å². The third-order valence-electron chi connectivity index (χ3n) is 3.96. The van der Waals surface area contributed by atoms with Crippen molar-refractivity contribution >= 4 is 44.9 Å². The van der Waals surface area contributed by atoms with Crippen LogP contribution >= 0.6 is 39.0 Å². The third-order valence-corrected chi connectivity index (χ3v) is 6.78. The van der Waals surface area contributed by atoms with Crippen LogP contribution in [0.15, 0.2) is 40.2 Å². The minimum Gasteiger partial charge on any atom is -0.491 e. The van der Waals surface area contributed by atoms with Crippen molar-refractivity contribution in [2.24, 2.45) is 0 Å². The number of nitrogens with one attached hydrogen (secondary N) is 1. The number of ether oxygens (including phenoxy) is 2. The first-order valence-electron chi connectivity index (χ1n) is 8.65. The van der Waals surface area contributed by atoms with E-state index in [0.29, 0.717) is 24.5 Å². The highest BCUT2D eigenvalue weighted by atomic mass is 79.9. The molecule has 0 bridgehead atoms. The van der Waals surface area contributed by atoms with Crippen molar-refractivity contribution in [3.05, 3.63) is 50.6 Å². The number of benzene rings is 1. The van der Waals surface area contributed by atoms with E-state index in [9.17, 15) is 4.79 Å². The van der Waals surface area contributed by atoms with Crippen LogP contribution in [-0.4, -0.2) is 37.5 Å². The van der Waals surface area contributed by atoms with Crippen LogP contribution < -0.4 is 10.1 Å². The standard InChI is InChI=1S/C19H22BrNO3S2/c20-18-7-6-17(26-18)13-25-10-8-21-19(22)14-3-1-4-15(11-14)24-12-16-5-2-9-23-16/h1,3-4,6-7,11,16H,2,5,8-10,12-13H2,(H,21,22). The molecule has 1 N–H and O–H groups in total. The van der Waals surface area contributed by atoms with Gasteiger partial charge in [-0.15, -0.1) is 11.3 Å². The first kappa shape index (κ1) is 19.7. The van der Waals surface area contributed by atoms with Crippen LogP contribution in [0, 0.1) is 0 Å². The molecule has 1 unspecified atom stereocenters. The maximum Gasteiger partial charge on any atom is 0.251 e. The predicted molar refractivity (Wildman–Crippen MR) is 111 cm³/mol. The molecule has 3 rings (SSSR count). The molecular formula is C19H22BrNO3S2. The van der Waals surface area contributed by atoms with E-state index in [1.165, 1.54) is 4.88 Å². The second kappa shape index (κ2) is 10.3. The van der Waals surface area contributed by atoms with Gasteiger partial charge in [-0.2, -0.15) is 11.8 Å². The van der Waals surface area contributed by atoms with Crippen molar-refractivity contribution in [1.82, 2.24) is 5.32 Å². The Bertz CT molecular complexity index is 716. The first-order valence-corrected chi connectivity index (χ1v) is 11.4. The molecule has 2 heterocycles. The fourth-order valence-corrected chi connectivity index (χ4v) is 5.09. The van der Waals surface area contributed by atoms with Gasteiger partial charge in [0.15, 0.2) is 0 Å². The van der Waals surface area contributed by atoms with Gasteiger partial charge in [0, 0.05) is 35.1 Å². The zero-order valence-electron chi connectivity index (χ0n) is 14.4. The largest absolute Gasteiger partial charge is 0.491 e. The summed E-state index contributed by atoms with van der Waals surface area (Å²) in [4.78, 5) is 13.6. The maximum atomic E-state index is 12.3. The maximum absolute atomic E-state index is 12.3. The molecule has 1 aromatic carbocycles. The van der Waals surface area contributed by atoms with Gasteiger partial charge in [0.25, 0.3) is 5.91 Å². The van der Waals surface area contributed by atoms with Gasteiger partial charge < -0.3 is 14.8 Å². The van der Waals surface area contributed by atoms with Crippen molar-refractivity contribution in [2.45, 2.75) is 24.7 Å². The van der Waals surface area contributed by atoms with Crippen LogP contribution in [0.1, 0.15) is 28.1 Å². The van der Waals surface area contributed by atoms with Gasteiger partial charge in [-0.25, -0.2) is 0 Å². The summed E-state index contributed by atoms with van der Waals surface area (Å²) in [6.07, 6.45) is 2.31. The summed E-state index contributed by atoms with van der Waals surface area (Å²) in [7, 11) is 0. The number of carbonyl (C=O) groups is 1. The second-order valence-electron chi connectivity index (χ2n) is 5.99. The molecule has 1 fully saturated rings. The van der Waals surface area contributed by atoms with Crippen LogP contribution in [-0.2, 0) is 10.5 Å². The Balaban J connectivity index is 1.37. The molecule has 1 atom stereocenters. The van der Waals surface area contributed by atoms with Crippen LogP contribution in [0.25, 0.3) is 0 Å². The van der Waals surface area contributed by atoms with Gasteiger partial charge in [0.1, 0.15) is 12.4 Å². The molecular weight excluding hydrogens is 434 g/mol. The molecule has 26 heavy (non-hydrogen) atoms. The summed E-state index contributed by atoms with van der Waals surface area (Å²) in [5.74, 6) is 2.51. The Morgan fingerprint density at radius 1 is 1.38 bits per heavy atom. The Hall–Kier alpha value is -1.02. The van der Waals surface area contributed by atoms with Crippen molar-refractivity contribution in [3.63, 3.8) is 0 Å². The van der Waals surface area contributed by atoms with E-state index >= 15 is 0 Å². The summed E-state index contributed by atoms with van der Waals surface area (Å²) in [6, 6.07) is 11.5. The first-order chi connectivity index (χ1) is 12.7. The lowest BCUT2D eigenvalue weighted by molar-refractivity contribution is 0.0679. The monoisotopic (exact) mass is 455 g/mol. The quantitative estimate of drug-likeness (QED) is 0.555. The summed E-state index contributed by atoms with van der Waals surface area (Å²) in [5.41, 5.74) is 0.627. The van der Waals surface area contributed by atoms with Crippen LogP contribution in [0.5, 0.6) is 5.75 Å². The molecule has 0 radical (unpaired) electrons. The third kappa shape index (κ3) is 6.30. The molecule has 0 aliphatic carbocycles. The topological polar surface area (TPSA) is 47.6 Å². The predicted octanol–water partition coefficient (Wildman–Crippen LogP) is 4.73. The SMILES string of the molecule is O=C(NCCSCc1ccc(Br)s1)c1cccc(OCC2CCCO2)c1. The van der Waals surface area contributed by atoms with Crippen LogP contribution in [0.4, 0.5) is 0 Å². The Morgan fingerprint density at radius 2 is 2.31 bits per heavy atom. The minimum atomic E-state index is -0.0629. The number of hydrogen-bond acceptors (Lipinski definition) is 5. The Kier molecular flexibility index (Phi) is 7.85. The summed E-state index contributed by atoms with van der Waals surface area (Å²) in [6.45, 7) is 2.01. The van der Waals surface area contributed by atoms with Gasteiger partial charge >= 0.3 is 0 Å². The molecule has 1 saturated heterocycles. The lowest BCUT2D eigenvalue weighted by Crippen LogP contribution is -2.25. The normalized spacial score (nSPS) is 16.6. The minimum absolute atomic E-state index is 0.0629. The second-order valence-corrected chi connectivity index (χ2v) is 9.64. The van der Waals surface area contributed by atoms with Gasteiger partial charge in [0.05, 0.1) is 9.89 Å². The zero-order chi connectivity index (χ0) is 18.2. The highest BCUT2D eigenvalue weighted by molar-refractivity contribution is 9.11.